The van der Waals surface area contributed by atoms with Gasteiger partial charge in [0.2, 0.25) is 10.0 Å². The van der Waals surface area contributed by atoms with Crippen molar-refractivity contribution in [2.45, 2.75) is 79.8 Å². The lowest BCUT2D eigenvalue weighted by atomic mass is 9.81. The molecule has 0 aliphatic rings. The van der Waals surface area contributed by atoms with E-state index < -0.39 is 10.0 Å². The molecule has 0 aliphatic heterocycles. The Kier molecular flexibility index (Phi) is 8.06. The van der Waals surface area contributed by atoms with Crippen molar-refractivity contribution in [1.82, 2.24) is 5.32 Å². The van der Waals surface area contributed by atoms with Gasteiger partial charge in [-0.1, -0.05) is 65.0 Å². The van der Waals surface area contributed by atoms with Crippen molar-refractivity contribution < 1.29 is 13.2 Å². The van der Waals surface area contributed by atoms with Gasteiger partial charge in [0.15, 0.2) is 0 Å². The highest BCUT2D eigenvalue weighted by Gasteiger charge is 2.28. The summed E-state index contributed by atoms with van der Waals surface area (Å²) in [5.74, 6) is 0.0587. The van der Waals surface area contributed by atoms with Gasteiger partial charge in [-0.2, -0.15) is 0 Å². The van der Waals surface area contributed by atoms with Crippen LogP contribution in [-0.2, 0) is 16.6 Å². The van der Waals surface area contributed by atoms with E-state index in [1.54, 1.807) is 12.1 Å². The number of hydrogen-bond acceptors (Lipinski definition) is 3. The minimum atomic E-state index is -3.51. The Labute approximate surface area is 200 Å². The first-order valence-corrected chi connectivity index (χ1v) is 13.3. The van der Waals surface area contributed by atoms with Crippen molar-refractivity contribution in [1.29, 1.82) is 0 Å². The lowest BCUT2D eigenvalue weighted by Gasteiger charge is -2.33. The summed E-state index contributed by atoms with van der Waals surface area (Å²) < 4.78 is 27.0. The SMILES string of the molecule is Cc1cccc(C(C)C)c1N(Cc1ccc(C(=O)NC(C)(C)CC(C)(C)C)cc1)S(C)(=O)=O. The normalized spacial score (nSPS) is 12.7. The summed E-state index contributed by atoms with van der Waals surface area (Å²) in [6.07, 6.45) is 2.09. The number of nitrogens with one attached hydrogen (secondary N) is 1. The number of amides is 1. The van der Waals surface area contributed by atoms with Crippen molar-refractivity contribution in [2.24, 2.45) is 5.41 Å². The van der Waals surface area contributed by atoms with E-state index in [0.29, 0.717) is 5.56 Å². The lowest BCUT2D eigenvalue weighted by Crippen LogP contribution is -2.45. The van der Waals surface area contributed by atoms with Gasteiger partial charge in [0.05, 0.1) is 18.5 Å². The number of hydrogen-bond donors (Lipinski definition) is 1. The molecule has 0 saturated heterocycles. The predicted molar refractivity (Wildman–Crippen MR) is 138 cm³/mol. The molecule has 33 heavy (non-hydrogen) atoms. The van der Waals surface area contributed by atoms with E-state index >= 15 is 0 Å². The van der Waals surface area contributed by atoms with Crippen molar-refractivity contribution >= 4 is 21.6 Å². The maximum Gasteiger partial charge on any atom is 0.251 e. The van der Waals surface area contributed by atoms with Gasteiger partial charge in [0, 0.05) is 11.1 Å². The van der Waals surface area contributed by atoms with Gasteiger partial charge in [0.1, 0.15) is 0 Å². The first-order valence-electron chi connectivity index (χ1n) is 11.5. The average Bonchev–Trinajstić information content (AvgIpc) is 2.63. The minimum Gasteiger partial charge on any atom is -0.347 e. The standard InChI is InChI=1S/C27H40N2O3S/c1-19(2)23-12-10-11-20(3)24(23)29(33(9,31)32)17-21-13-15-22(16-14-21)25(30)28-27(7,8)18-26(4,5)6/h10-16,19H,17-18H2,1-9H3,(H,28,30). The van der Waals surface area contributed by atoms with Crippen LogP contribution in [0.1, 0.15) is 87.9 Å². The fraction of sp³-hybridized carbons (Fsp3) is 0.519. The highest BCUT2D eigenvalue weighted by Crippen LogP contribution is 2.33. The molecule has 0 fully saturated rings. The molecule has 182 valence electrons. The Hall–Kier alpha value is -2.34. The topological polar surface area (TPSA) is 66.5 Å². The van der Waals surface area contributed by atoms with E-state index in [-0.39, 0.29) is 29.3 Å². The number of anilines is 1. The van der Waals surface area contributed by atoms with Crippen LogP contribution in [-0.4, -0.2) is 26.1 Å². The van der Waals surface area contributed by atoms with E-state index in [4.69, 9.17) is 0 Å². The van der Waals surface area contributed by atoms with Crippen LogP contribution in [0.25, 0.3) is 0 Å². The number of carbonyl (C=O) groups is 1. The second-order valence-electron chi connectivity index (χ2n) is 11.2. The Bertz CT molecular complexity index is 1080. The van der Waals surface area contributed by atoms with Crippen LogP contribution in [0.15, 0.2) is 42.5 Å². The molecule has 2 rings (SSSR count). The molecule has 5 nitrogen and oxygen atoms in total. The molecule has 6 heteroatoms. The molecule has 0 atom stereocenters. The zero-order valence-electron chi connectivity index (χ0n) is 21.6. The molecule has 0 spiro atoms. The molecule has 2 aromatic carbocycles. The van der Waals surface area contributed by atoms with Crippen LogP contribution in [0.2, 0.25) is 0 Å². The first-order chi connectivity index (χ1) is 15.0. The molecule has 0 heterocycles. The van der Waals surface area contributed by atoms with E-state index in [2.05, 4.69) is 39.9 Å². The fourth-order valence-corrected chi connectivity index (χ4v) is 5.49. The molecule has 0 radical (unpaired) electrons. The average molecular weight is 473 g/mol. The van der Waals surface area contributed by atoms with Gasteiger partial charge in [0.25, 0.3) is 5.91 Å². The van der Waals surface area contributed by atoms with Gasteiger partial charge in [-0.3, -0.25) is 9.10 Å². The number of para-hydroxylation sites is 1. The van der Waals surface area contributed by atoms with E-state index in [0.717, 1.165) is 28.8 Å². The highest BCUT2D eigenvalue weighted by atomic mass is 32.2. The van der Waals surface area contributed by atoms with E-state index in [1.165, 1.54) is 10.6 Å². The van der Waals surface area contributed by atoms with Crippen LogP contribution >= 0.6 is 0 Å². The van der Waals surface area contributed by atoms with Crippen molar-refractivity contribution in [2.75, 3.05) is 10.6 Å². The second kappa shape index (κ2) is 9.88. The molecule has 0 saturated carbocycles. The number of benzene rings is 2. The number of carbonyl (C=O) groups excluding carboxylic acids is 1. The third-order valence-electron chi connectivity index (χ3n) is 5.51. The Morgan fingerprint density at radius 1 is 1.00 bits per heavy atom. The monoisotopic (exact) mass is 472 g/mol. The molecule has 0 unspecified atom stereocenters. The Balaban J connectivity index is 2.29. The van der Waals surface area contributed by atoms with Crippen LogP contribution in [0.5, 0.6) is 0 Å². The fourth-order valence-electron chi connectivity index (χ4n) is 4.53. The number of nitrogens with zero attached hydrogens (tertiary/aromatic N) is 1. The Morgan fingerprint density at radius 3 is 2.06 bits per heavy atom. The summed E-state index contributed by atoms with van der Waals surface area (Å²) in [5, 5.41) is 3.12. The van der Waals surface area contributed by atoms with Crippen LogP contribution in [0.4, 0.5) is 5.69 Å². The van der Waals surface area contributed by atoms with Crippen LogP contribution < -0.4 is 9.62 Å². The van der Waals surface area contributed by atoms with Crippen molar-refractivity contribution in [3.8, 4) is 0 Å². The van der Waals surface area contributed by atoms with Crippen molar-refractivity contribution in [3.05, 3.63) is 64.7 Å². The van der Waals surface area contributed by atoms with Gasteiger partial charge in [-0.25, -0.2) is 8.42 Å². The smallest absolute Gasteiger partial charge is 0.251 e. The van der Waals surface area contributed by atoms with E-state index in [1.807, 2.05) is 51.1 Å². The third-order valence-corrected chi connectivity index (χ3v) is 6.62. The molecule has 0 aliphatic carbocycles. The van der Waals surface area contributed by atoms with Crippen LogP contribution in [0, 0.1) is 12.3 Å². The quantitative estimate of drug-likeness (QED) is 0.510. The van der Waals surface area contributed by atoms with E-state index in [9.17, 15) is 13.2 Å². The largest absolute Gasteiger partial charge is 0.347 e. The summed E-state index contributed by atoms with van der Waals surface area (Å²) in [6.45, 7) is 16.8. The van der Waals surface area contributed by atoms with Crippen LogP contribution in [0.3, 0.4) is 0 Å². The van der Waals surface area contributed by atoms with Gasteiger partial charge < -0.3 is 5.32 Å². The third kappa shape index (κ3) is 7.60. The predicted octanol–water partition coefficient (Wildman–Crippen LogP) is 6.03. The maximum absolute atomic E-state index is 12.8. The Morgan fingerprint density at radius 2 is 1.58 bits per heavy atom. The molecular weight excluding hydrogens is 432 g/mol. The lowest BCUT2D eigenvalue weighted by molar-refractivity contribution is 0.0891. The number of aryl methyl sites for hydroxylation is 1. The van der Waals surface area contributed by atoms with Gasteiger partial charge >= 0.3 is 0 Å². The second-order valence-corrected chi connectivity index (χ2v) is 13.1. The van der Waals surface area contributed by atoms with Gasteiger partial charge in [-0.05, 0) is 67.3 Å². The summed E-state index contributed by atoms with van der Waals surface area (Å²) in [6, 6.07) is 13.1. The summed E-state index contributed by atoms with van der Waals surface area (Å²) in [5.41, 5.74) is 3.80. The molecule has 2 aromatic rings. The highest BCUT2D eigenvalue weighted by molar-refractivity contribution is 7.92. The maximum atomic E-state index is 12.8. The molecule has 1 amide bonds. The number of sulfonamides is 1. The zero-order valence-corrected chi connectivity index (χ0v) is 22.4. The summed E-state index contributed by atoms with van der Waals surface area (Å²) in [7, 11) is -3.51. The molecule has 0 aromatic heterocycles. The molecule has 0 bridgehead atoms. The first kappa shape index (κ1) is 26.9. The summed E-state index contributed by atoms with van der Waals surface area (Å²) in [4.78, 5) is 12.8. The van der Waals surface area contributed by atoms with Crippen molar-refractivity contribution in [3.63, 3.8) is 0 Å². The summed E-state index contributed by atoms with van der Waals surface area (Å²) >= 11 is 0. The zero-order chi connectivity index (χ0) is 25.2. The molecule has 1 N–H and O–H groups in total. The van der Waals surface area contributed by atoms with Gasteiger partial charge in [-0.15, -0.1) is 0 Å². The number of rotatable bonds is 8. The minimum absolute atomic E-state index is 0.0974. The molecular formula is C27H40N2O3S.